The maximum absolute atomic E-state index is 13.2. The monoisotopic (exact) mass is 452 g/mol. The van der Waals surface area contributed by atoms with E-state index in [4.69, 9.17) is 23.2 Å². The molecule has 4 nitrogen and oxygen atoms in total. The van der Waals surface area contributed by atoms with Crippen molar-refractivity contribution in [3.63, 3.8) is 0 Å². The van der Waals surface area contributed by atoms with Gasteiger partial charge in [-0.15, -0.1) is 0 Å². The average molecular weight is 453 g/mol. The molecule has 2 rings (SSSR count). The summed E-state index contributed by atoms with van der Waals surface area (Å²) in [7, 11) is 0. The predicted molar refractivity (Wildman–Crippen MR) is 119 cm³/mol. The molecule has 0 aliphatic carbocycles. The largest absolute Gasteiger partial charge is 0.352 e. The number of hydrogen-bond donors (Lipinski definition) is 1. The van der Waals surface area contributed by atoms with Gasteiger partial charge in [0.15, 0.2) is 0 Å². The number of hydrogen-bond acceptors (Lipinski definition) is 2. The van der Waals surface area contributed by atoms with Crippen LogP contribution in [0.25, 0.3) is 0 Å². The highest BCUT2D eigenvalue weighted by molar-refractivity contribution is 6.42. The Bertz CT molecular complexity index is 874. The van der Waals surface area contributed by atoms with Crippen molar-refractivity contribution in [2.75, 3.05) is 0 Å². The van der Waals surface area contributed by atoms with Gasteiger partial charge in [0.05, 0.1) is 16.5 Å². The topological polar surface area (TPSA) is 49.4 Å². The zero-order valence-corrected chi connectivity index (χ0v) is 18.9. The van der Waals surface area contributed by atoms with E-state index < -0.39 is 6.04 Å². The number of carbonyl (C=O) groups excluding carboxylic acids is 2. The first-order chi connectivity index (χ1) is 14.2. The molecule has 1 N–H and O–H groups in total. The summed E-state index contributed by atoms with van der Waals surface area (Å²) < 4.78 is 13.2. The van der Waals surface area contributed by atoms with Gasteiger partial charge in [-0.05, 0) is 55.2 Å². The van der Waals surface area contributed by atoms with Gasteiger partial charge in [-0.2, -0.15) is 0 Å². The van der Waals surface area contributed by atoms with E-state index in [9.17, 15) is 14.0 Å². The quantitative estimate of drug-likeness (QED) is 0.553. The molecule has 0 spiro atoms. The fourth-order valence-electron chi connectivity index (χ4n) is 3.07. The zero-order chi connectivity index (χ0) is 22.3. The van der Waals surface area contributed by atoms with Crippen LogP contribution in [0.15, 0.2) is 42.5 Å². The molecular formula is C23H27Cl2FN2O2. The van der Waals surface area contributed by atoms with E-state index in [1.165, 1.54) is 12.1 Å². The summed E-state index contributed by atoms with van der Waals surface area (Å²) >= 11 is 12.1. The molecule has 2 atom stereocenters. The predicted octanol–water partition coefficient (Wildman–Crippen LogP) is 5.40. The van der Waals surface area contributed by atoms with Gasteiger partial charge in [-0.25, -0.2) is 4.39 Å². The van der Waals surface area contributed by atoms with Crippen LogP contribution in [0, 0.1) is 5.82 Å². The highest BCUT2D eigenvalue weighted by Crippen LogP contribution is 2.24. The third-order valence-electron chi connectivity index (χ3n) is 4.99. The standard InChI is InChI=1S/C23H27Cl2FN2O2/c1-4-15(3)27-23(30)21(5-2)28(14-17-8-11-19(24)20(25)12-17)22(29)13-16-6-9-18(26)10-7-16/h6-12,15,21H,4-5,13-14H2,1-3H3,(H,27,30). The SMILES string of the molecule is CCC(C)NC(=O)C(CC)N(Cc1ccc(Cl)c(Cl)c1)C(=O)Cc1ccc(F)cc1. The highest BCUT2D eigenvalue weighted by atomic mass is 35.5. The van der Waals surface area contributed by atoms with Crippen molar-refractivity contribution >= 4 is 35.0 Å². The molecule has 0 saturated heterocycles. The molecule has 162 valence electrons. The number of benzene rings is 2. The summed E-state index contributed by atoms with van der Waals surface area (Å²) in [6, 6.07) is 10.3. The van der Waals surface area contributed by atoms with Crippen molar-refractivity contribution in [2.24, 2.45) is 0 Å². The summed E-state index contributed by atoms with van der Waals surface area (Å²) in [5.74, 6) is -0.781. The molecular weight excluding hydrogens is 426 g/mol. The van der Waals surface area contributed by atoms with Gasteiger partial charge in [0, 0.05) is 12.6 Å². The Morgan fingerprint density at radius 3 is 2.20 bits per heavy atom. The Kier molecular flexibility index (Phi) is 9.12. The number of rotatable bonds is 9. The number of halogens is 3. The molecule has 2 aromatic carbocycles. The van der Waals surface area contributed by atoms with Gasteiger partial charge in [0.2, 0.25) is 11.8 Å². The minimum atomic E-state index is -0.638. The first-order valence-electron chi connectivity index (χ1n) is 10.0. The molecule has 0 heterocycles. The fraction of sp³-hybridized carbons (Fsp3) is 0.391. The van der Waals surface area contributed by atoms with Crippen molar-refractivity contribution in [3.05, 3.63) is 69.5 Å². The lowest BCUT2D eigenvalue weighted by Crippen LogP contribution is -2.51. The van der Waals surface area contributed by atoms with Gasteiger partial charge in [-0.1, -0.05) is 55.2 Å². The lowest BCUT2D eigenvalue weighted by atomic mass is 10.1. The van der Waals surface area contributed by atoms with Crippen molar-refractivity contribution in [2.45, 2.75) is 58.7 Å². The highest BCUT2D eigenvalue weighted by Gasteiger charge is 2.29. The van der Waals surface area contributed by atoms with Crippen LogP contribution >= 0.6 is 23.2 Å². The van der Waals surface area contributed by atoms with Crippen LogP contribution in [-0.4, -0.2) is 28.8 Å². The second-order valence-corrected chi connectivity index (χ2v) is 8.13. The summed E-state index contributed by atoms with van der Waals surface area (Å²) in [5.41, 5.74) is 1.45. The van der Waals surface area contributed by atoms with Gasteiger partial charge < -0.3 is 10.2 Å². The third kappa shape index (κ3) is 6.71. The smallest absolute Gasteiger partial charge is 0.243 e. The van der Waals surface area contributed by atoms with Gasteiger partial charge in [-0.3, -0.25) is 9.59 Å². The third-order valence-corrected chi connectivity index (χ3v) is 5.73. The van der Waals surface area contributed by atoms with Gasteiger partial charge in [0.1, 0.15) is 11.9 Å². The molecule has 0 radical (unpaired) electrons. The lowest BCUT2D eigenvalue weighted by Gasteiger charge is -2.31. The molecule has 0 aromatic heterocycles. The molecule has 0 aliphatic rings. The van der Waals surface area contributed by atoms with E-state index in [1.807, 2.05) is 20.8 Å². The van der Waals surface area contributed by atoms with E-state index in [1.54, 1.807) is 35.2 Å². The molecule has 0 aliphatic heterocycles. The summed E-state index contributed by atoms with van der Waals surface area (Å²) in [5, 5.41) is 3.77. The molecule has 2 unspecified atom stereocenters. The van der Waals surface area contributed by atoms with E-state index >= 15 is 0 Å². The molecule has 0 fully saturated rings. The minimum Gasteiger partial charge on any atom is -0.352 e. The maximum atomic E-state index is 13.2. The fourth-order valence-corrected chi connectivity index (χ4v) is 3.39. The molecule has 30 heavy (non-hydrogen) atoms. The van der Waals surface area contributed by atoms with Crippen LogP contribution in [0.1, 0.15) is 44.7 Å². The van der Waals surface area contributed by atoms with E-state index in [0.717, 1.165) is 12.0 Å². The summed E-state index contributed by atoms with van der Waals surface area (Å²) in [4.78, 5) is 27.7. The van der Waals surface area contributed by atoms with Crippen LogP contribution in [0.5, 0.6) is 0 Å². The van der Waals surface area contributed by atoms with E-state index in [0.29, 0.717) is 22.0 Å². The van der Waals surface area contributed by atoms with E-state index in [-0.39, 0.29) is 36.6 Å². The Morgan fingerprint density at radius 1 is 1.00 bits per heavy atom. The Labute approximate surface area is 187 Å². The molecule has 2 aromatic rings. The molecule has 0 bridgehead atoms. The number of amides is 2. The first-order valence-corrected chi connectivity index (χ1v) is 10.8. The number of carbonyl (C=O) groups is 2. The maximum Gasteiger partial charge on any atom is 0.243 e. The van der Waals surface area contributed by atoms with Crippen LogP contribution in [0.3, 0.4) is 0 Å². The molecule has 0 saturated carbocycles. The van der Waals surface area contributed by atoms with Crippen molar-refractivity contribution in [1.29, 1.82) is 0 Å². The van der Waals surface area contributed by atoms with Crippen molar-refractivity contribution in [1.82, 2.24) is 10.2 Å². The van der Waals surface area contributed by atoms with Gasteiger partial charge in [0.25, 0.3) is 0 Å². The minimum absolute atomic E-state index is 0.00516. The summed E-state index contributed by atoms with van der Waals surface area (Å²) in [6.07, 6.45) is 1.31. The van der Waals surface area contributed by atoms with Crippen molar-refractivity contribution < 1.29 is 14.0 Å². The zero-order valence-electron chi connectivity index (χ0n) is 17.4. The van der Waals surface area contributed by atoms with Crippen LogP contribution in [0.4, 0.5) is 4.39 Å². The van der Waals surface area contributed by atoms with Crippen molar-refractivity contribution in [3.8, 4) is 0 Å². The van der Waals surface area contributed by atoms with Crippen LogP contribution < -0.4 is 5.32 Å². The Hall–Kier alpha value is -2.11. The molecule has 7 heteroatoms. The Morgan fingerprint density at radius 2 is 1.63 bits per heavy atom. The number of nitrogens with zero attached hydrogens (tertiary/aromatic N) is 1. The number of nitrogens with one attached hydrogen (secondary N) is 1. The summed E-state index contributed by atoms with van der Waals surface area (Å²) in [6.45, 7) is 5.99. The second kappa shape index (κ2) is 11.3. The average Bonchev–Trinajstić information content (AvgIpc) is 2.72. The first kappa shape index (κ1) is 24.2. The molecule has 2 amide bonds. The lowest BCUT2D eigenvalue weighted by molar-refractivity contribution is -0.141. The van der Waals surface area contributed by atoms with Crippen LogP contribution in [0.2, 0.25) is 10.0 Å². The normalized spacial score (nSPS) is 12.9. The Balaban J connectivity index is 2.31. The van der Waals surface area contributed by atoms with Crippen LogP contribution in [-0.2, 0) is 22.6 Å². The second-order valence-electron chi connectivity index (χ2n) is 7.32. The van der Waals surface area contributed by atoms with Gasteiger partial charge >= 0.3 is 0 Å². The van der Waals surface area contributed by atoms with E-state index in [2.05, 4.69) is 5.32 Å².